The van der Waals surface area contributed by atoms with Crippen molar-refractivity contribution in [3.63, 3.8) is 0 Å². The van der Waals surface area contributed by atoms with E-state index in [-0.39, 0.29) is 11.4 Å². The maximum Gasteiger partial charge on any atom is 0.408 e. The van der Waals surface area contributed by atoms with Crippen LogP contribution in [-0.2, 0) is 14.0 Å². The lowest BCUT2D eigenvalue weighted by atomic mass is 10.2. The molecule has 0 amide bonds. The van der Waals surface area contributed by atoms with Crippen LogP contribution in [0.2, 0.25) is 5.15 Å². The third-order valence-electron chi connectivity index (χ3n) is 3.00. The van der Waals surface area contributed by atoms with Crippen LogP contribution in [0.25, 0.3) is 0 Å². The van der Waals surface area contributed by atoms with Gasteiger partial charge in [-0.1, -0.05) is 17.7 Å². The molecule has 0 saturated heterocycles. The third-order valence-corrected chi connectivity index (χ3v) is 3.21. The van der Waals surface area contributed by atoms with Crippen LogP contribution >= 0.6 is 50.5 Å². The lowest BCUT2D eigenvalue weighted by Gasteiger charge is -2.01. The predicted octanol–water partition coefficient (Wildman–Crippen LogP) is 4.95. The van der Waals surface area contributed by atoms with Crippen LogP contribution in [0.5, 0.6) is 0 Å². The van der Waals surface area contributed by atoms with Gasteiger partial charge in [-0.25, -0.2) is 14.6 Å². The van der Waals surface area contributed by atoms with Gasteiger partial charge in [-0.3, -0.25) is 9.77 Å². The van der Waals surface area contributed by atoms with Crippen molar-refractivity contribution in [2.45, 2.75) is 13.8 Å². The van der Waals surface area contributed by atoms with Gasteiger partial charge in [0.25, 0.3) is 0 Å². The topological polar surface area (TPSA) is 107 Å². The van der Waals surface area contributed by atoms with Gasteiger partial charge < -0.3 is 9.47 Å². The van der Waals surface area contributed by atoms with Crippen LogP contribution in [-0.4, -0.2) is 36.3 Å². The minimum Gasteiger partial charge on any atom is -0.464 e. The van der Waals surface area contributed by atoms with Crippen molar-refractivity contribution in [3.8, 4) is 0 Å². The van der Waals surface area contributed by atoms with Crippen LogP contribution in [0.4, 0.5) is 0 Å². The van der Waals surface area contributed by atoms with Crippen molar-refractivity contribution in [2.75, 3.05) is 14.2 Å². The summed E-state index contributed by atoms with van der Waals surface area (Å²) in [6.45, 7) is 3.49. The van der Waals surface area contributed by atoms with Crippen LogP contribution in [0.1, 0.15) is 32.1 Å². The highest BCUT2D eigenvalue weighted by Crippen LogP contribution is 2.61. The molecule has 2 heterocycles. The fourth-order valence-corrected chi connectivity index (χ4v) is 1.91. The summed E-state index contributed by atoms with van der Waals surface area (Å²) in [6, 6.07) is 6.71. The Balaban J connectivity index is 0.000000442. The van der Waals surface area contributed by atoms with E-state index >= 15 is 0 Å². The third kappa shape index (κ3) is 11.3. The lowest BCUT2D eigenvalue weighted by Crippen LogP contribution is -2.38. The summed E-state index contributed by atoms with van der Waals surface area (Å²) < 4.78 is 19.3. The first-order chi connectivity index (χ1) is 13.3. The molecule has 0 aliphatic rings. The highest BCUT2D eigenvalue weighted by atomic mass is 36.0. The number of aromatic nitrogens is 2. The van der Waals surface area contributed by atoms with Crippen molar-refractivity contribution < 1.29 is 33.6 Å². The molecule has 0 aromatic carbocycles. The van der Waals surface area contributed by atoms with E-state index < -0.39 is 17.1 Å². The number of hydrogen-bond acceptors (Lipinski definition) is 7. The molecule has 29 heavy (non-hydrogen) atoms. The number of aryl methyl sites for hydroxylation is 2. The first-order valence-electron chi connectivity index (χ1n) is 7.51. The molecule has 0 saturated carbocycles. The van der Waals surface area contributed by atoms with Crippen molar-refractivity contribution >= 4 is 62.5 Å². The van der Waals surface area contributed by atoms with E-state index in [1.54, 1.807) is 38.1 Å². The number of halogens is 4. The molecule has 0 radical (unpaired) electrons. The molecular weight excluding hydrogens is 489 g/mol. The Morgan fingerprint density at radius 1 is 1.03 bits per heavy atom. The van der Waals surface area contributed by atoms with Gasteiger partial charge in [0.2, 0.25) is 6.20 Å². The minimum absolute atomic E-state index is 0.153. The van der Waals surface area contributed by atoms with E-state index in [0.717, 1.165) is 10.3 Å². The average Bonchev–Trinajstić information content (AvgIpc) is 2.62. The zero-order chi connectivity index (χ0) is 22.8. The molecule has 0 aliphatic carbocycles. The second-order valence-electron chi connectivity index (χ2n) is 5.07. The van der Waals surface area contributed by atoms with E-state index in [2.05, 4.69) is 48.2 Å². The molecule has 160 valence electrons. The molecule has 2 aromatic rings. The van der Waals surface area contributed by atoms with Crippen LogP contribution in [0.3, 0.4) is 0 Å². The maximum atomic E-state index is 11.1. The van der Waals surface area contributed by atoms with Crippen molar-refractivity contribution in [1.29, 1.82) is 0 Å². The molecule has 13 heteroatoms. The summed E-state index contributed by atoms with van der Waals surface area (Å²) in [5.41, 5.74) is 1.85. The SMILES string of the molecule is COC(=O)c1c(C)ccc[n+]1O.COC(=O)c1nc(Cl)ccc1C.O=P(Cl)(Cl)Cl. The monoisotopic (exact) mass is 505 g/mol. The Morgan fingerprint density at radius 2 is 1.55 bits per heavy atom. The van der Waals surface area contributed by atoms with Crippen molar-refractivity contribution in [3.05, 3.63) is 58.1 Å². The molecule has 8 nitrogen and oxygen atoms in total. The molecule has 2 aromatic heterocycles. The van der Waals surface area contributed by atoms with Crippen LogP contribution in [0, 0.1) is 13.8 Å². The number of rotatable bonds is 2. The molecule has 2 rings (SSSR count). The largest absolute Gasteiger partial charge is 0.464 e. The summed E-state index contributed by atoms with van der Waals surface area (Å²) >= 11 is 19.4. The van der Waals surface area contributed by atoms with Gasteiger partial charge >= 0.3 is 22.8 Å². The average molecular weight is 507 g/mol. The molecule has 0 bridgehead atoms. The van der Waals surface area contributed by atoms with E-state index in [0.29, 0.717) is 10.7 Å². The molecule has 0 spiro atoms. The number of hydrogen-bond donors (Lipinski definition) is 1. The van der Waals surface area contributed by atoms with Crippen molar-refractivity contribution in [2.24, 2.45) is 0 Å². The van der Waals surface area contributed by atoms with Gasteiger partial charge in [-0.05, 0) is 65.3 Å². The highest BCUT2D eigenvalue weighted by molar-refractivity contribution is 8.24. The van der Waals surface area contributed by atoms with E-state index in [1.165, 1.54) is 20.4 Å². The van der Waals surface area contributed by atoms with Gasteiger partial charge in [0.15, 0.2) is 5.69 Å². The van der Waals surface area contributed by atoms with Gasteiger partial charge in [-0.2, -0.15) is 0 Å². The number of carbonyl (C=O) groups excluding carboxylic acids is 2. The highest BCUT2D eigenvalue weighted by Gasteiger charge is 2.22. The number of pyridine rings is 2. The molecule has 0 fully saturated rings. The van der Waals surface area contributed by atoms with Gasteiger partial charge in [0, 0.05) is 16.4 Å². The maximum absolute atomic E-state index is 11.1. The standard InChI is InChI=1S/C8H8ClNO2.C8H10NO3.Cl3OP/c1-5-3-4-6(9)10-7(5)8(11)12-2;1-6-4-3-5-9(11)7(6)8(10)12-2;1-5(2,3)4/h3-4H,1-2H3;3-5,11H,1-2H3;/q;+1;. The number of carbonyl (C=O) groups is 2. The molecule has 0 unspecified atom stereocenters. The fourth-order valence-electron chi connectivity index (χ4n) is 1.76. The van der Waals surface area contributed by atoms with Gasteiger partial charge in [-0.15, -0.1) is 0 Å². The second-order valence-corrected chi connectivity index (χ2v) is 12.1. The summed E-state index contributed by atoms with van der Waals surface area (Å²) in [4.78, 5) is 25.9. The number of nitrogens with zero attached hydrogens (tertiary/aromatic N) is 2. The minimum atomic E-state index is -3.22. The number of ether oxygens (including phenoxy) is 2. The van der Waals surface area contributed by atoms with E-state index in [9.17, 15) is 19.4 Å². The van der Waals surface area contributed by atoms with E-state index in [1.807, 2.05) is 0 Å². The molecule has 1 N–H and O–H groups in total. The summed E-state index contributed by atoms with van der Waals surface area (Å²) in [5, 5.41) is 6.28. The lowest BCUT2D eigenvalue weighted by molar-refractivity contribution is -0.906. The fraction of sp³-hybridized carbons (Fsp3) is 0.250. The summed E-state index contributed by atoms with van der Waals surface area (Å²) in [7, 11) is 2.58. The summed E-state index contributed by atoms with van der Waals surface area (Å²) in [6.07, 6.45) is 1.37. The Morgan fingerprint density at radius 3 is 2.00 bits per heavy atom. The van der Waals surface area contributed by atoms with Crippen LogP contribution in [0.15, 0.2) is 30.5 Å². The second kappa shape index (κ2) is 12.9. The Kier molecular flexibility index (Phi) is 12.2. The first kappa shape index (κ1) is 27.4. The first-order valence-corrected chi connectivity index (χ1v) is 12.3. The van der Waals surface area contributed by atoms with Gasteiger partial charge in [0.1, 0.15) is 5.15 Å². The predicted molar refractivity (Wildman–Crippen MR) is 110 cm³/mol. The quantitative estimate of drug-likeness (QED) is 0.202. The number of esters is 2. The number of methoxy groups -OCH3 is 2. The molecular formula is C16H18Cl4N2O6P+. The zero-order valence-electron chi connectivity index (χ0n) is 15.7. The normalized spacial score (nSPS) is 9.93. The zero-order valence-corrected chi connectivity index (χ0v) is 19.6. The smallest absolute Gasteiger partial charge is 0.408 e. The van der Waals surface area contributed by atoms with E-state index in [4.69, 9.17) is 11.6 Å². The van der Waals surface area contributed by atoms with Crippen molar-refractivity contribution in [1.82, 2.24) is 4.98 Å². The Bertz CT molecular complexity index is 878. The Labute approximate surface area is 187 Å². The molecule has 0 atom stereocenters. The van der Waals surface area contributed by atoms with Crippen LogP contribution < -0.4 is 4.73 Å². The summed E-state index contributed by atoms with van der Waals surface area (Å²) in [5.74, 6) is -1.01. The van der Waals surface area contributed by atoms with Gasteiger partial charge in [0.05, 0.1) is 14.2 Å². The molecule has 0 aliphatic heterocycles. The Hall–Kier alpha value is -1.57.